The van der Waals surface area contributed by atoms with Gasteiger partial charge in [-0.1, -0.05) is 22.9 Å². The largest absolute Gasteiger partial charge is 0.311 e. The van der Waals surface area contributed by atoms with Crippen LogP contribution in [-0.2, 0) is 6.54 Å². The maximum absolute atomic E-state index is 11.8. The van der Waals surface area contributed by atoms with E-state index in [1.165, 1.54) is 0 Å². The van der Waals surface area contributed by atoms with Gasteiger partial charge in [-0.05, 0) is 50.1 Å². The number of aromatic nitrogens is 2. The van der Waals surface area contributed by atoms with Gasteiger partial charge < -0.3 is 10.3 Å². The molecule has 2 aromatic rings. The van der Waals surface area contributed by atoms with E-state index in [2.05, 4.69) is 38.1 Å². The number of benzene rings is 1. The fourth-order valence-corrected chi connectivity index (χ4v) is 2.44. The maximum atomic E-state index is 11.8. The van der Waals surface area contributed by atoms with Gasteiger partial charge in [0.1, 0.15) is 5.82 Å². The Kier molecular flexibility index (Phi) is 5.31. The summed E-state index contributed by atoms with van der Waals surface area (Å²) in [7, 11) is 0. The van der Waals surface area contributed by atoms with Gasteiger partial charge in [0.2, 0.25) is 0 Å². The van der Waals surface area contributed by atoms with Crippen LogP contribution in [0.1, 0.15) is 30.2 Å². The van der Waals surface area contributed by atoms with Crippen molar-refractivity contribution in [3.8, 4) is 11.4 Å². The molecule has 5 heteroatoms. The standard InChI is InChI=1S/C16H20BrN3O/c1-4-5-18-9-13-8-14(21)20-16(19-13)12-6-10(2)15(17)11(3)7-12/h6-8,18H,4-5,9H2,1-3H3,(H,19,20,21). The van der Waals surface area contributed by atoms with E-state index in [1.807, 2.05) is 26.0 Å². The van der Waals surface area contributed by atoms with Crippen molar-refractivity contribution in [1.29, 1.82) is 0 Å². The number of H-pyrrole nitrogens is 1. The van der Waals surface area contributed by atoms with Gasteiger partial charge in [-0.25, -0.2) is 4.98 Å². The van der Waals surface area contributed by atoms with E-state index in [0.29, 0.717) is 12.4 Å². The summed E-state index contributed by atoms with van der Waals surface area (Å²) in [5, 5.41) is 3.27. The van der Waals surface area contributed by atoms with Crippen LogP contribution in [-0.4, -0.2) is 16.5 Å². The molecular formula is C16H20BrN3O. The molecule has 0 saturated carbocycles. The van der Waals surface area contributed by atoms with E-state index in [9.17, 15) is 4.79 Å². The van der Waals surface area contributed by atoms with Gasteiger partial charge in [0.05, 0.1) is 5.69 Å². The van der Waals surface area contributed by atoms with Crippen molar-refractivity contribution in [2.24, 2.45) is 0 Å². The highest BCUT2D eigenvalue weighted by Gasteiger charge is 2.08. The SMILES string of the molecule is CCCNCc1cc(=O)[nH]c(-c2cc(C)c(Br)c(C)c2)n1. The molecule has 0 spiro atoms. The molecule has 1 heterocycles. The lowest BCUT2D eigenvalue weighted by Crippen LogP contribution is -2.18. The van der Waals surface area contributed by atoms with Crippen LogP contribution in [0.5, 0.6) is 0 Å². The number of aromatic amines is 1. The van der Waals surface area contributed by atoms with Crippen molar-refractivity contribution in [2.45, 2.75) is 33.7 Å². The van der Waals surface area contributed by atoms with Crippen LogP contribution < -0.4 is 10.9 Å². The minimum Gasteiger partial charge on any atom is -0.311 e. The third kappa shape index (κ3) is 4.02. The first-order valence-corrected chi connectivity index (χ1v) is 7.88. The van der Waals surface area contributed by atoms with Gasteiger partial charge in [-0.2, -0.15) is 0 Å². The third-order valence-corrected chi connectivity index (χ3v) is 4.49. The fourth-order valence-electron chi connectivity index (χ4n) is 2.21. The number of rotatable bonds is 5. The Morgan fingerprint density at radius 1 is 1.24 bits per heavy atom. The normalized spacial score (nSPS) is 10.9. The van der Waals surface area contributed by atoms with E-state index in [1.54, 1.807) is 6.07 Å². The lowest BCUT2D eigenvalue weighted by Gasteiger charge is -2.09. The van der Waals surface area contributed by atoms with Crippen LogP contribution in [0, 0.1) is 13.8 Å². The summed E-state index contributed by atoms with van der Waals surface area (Å²) < 4.78 is 1.09. The van der Waals surface area contributed by atoms with Crippen LogP contribution in [0.15, 0.2) is 27.5 Å². The molecule has 112 valence electrons. The van der Waals surface area contributed by atoms with E-state index < -0.39 is 0 Å². The van der Waals surface area contributed by atoms with Crippen LogP contribution >= 0.6 is 15.9 Å². The van der Waals surface area contributed by atoms with E-state index in [-0.39, 0.29) is 5.56 Å². The van der Waals surface area contributed by atoms with Crippen LogP contribution in [0.25, 0.3) is 11.4 Å². The van der Waals surface area contributed by atoms with Crippen molar-refractivity contribution < 1.29 is 0 Å². The Bertz CT molecular complexity index is 671. The first-order chi connectivity index (χ1) is 10.0. The number of nitrogens with one attached hydrogen (secondary N) is 2. The molecule has 0 atom stereocenters. The zero-order valence-corrected chi connectivity index (χ0v) is 14.2. The predicted octanol–water partition coefficient (Wildman–Crippen LogP) is 3.32. The molecule has 0 aliphatic carbocycles. The Labute approximate surface area is 133 Å². The Morgan fingerprint density at radius 3 is 2.52 bits per heavy atom. The highest BCUT2D eigenvalue weighted by Crippen LogP contribution is 2.26. The minimum absolute atomic E-state index is 0.119. The summed E-state index contributed by atoms with van der Waals surface area (Å²) in [6.45, 7) is 7.70. The van der Waals surface area contributed by atoms with Crippen LogP contribution in [0.3, 0.4) is 0 Å². The lowest BCUT2D eigenvalue weighted by atomic mass is 10.1. The van der Waals surface area contributed by atoms with Crippen molar-refractivity contribution in [2.75, 3.05) is 6.54 Å². The van der Waals surface area contributed by atoms with Gasteiger partial charge >= 0.3 is 0 Å². The second-order valence-corrected chi connectivity index (χ2v) is 5.98. The second kappa shape index (κ2) is 7.00. The molecule has 21 heavy (non-hydrogen) atoms. The van der Waals surface area contributed by atoms with Gasteiger partial charge in [0.25, 0.3) is 5.56 Å². The molecular weight excluding hydrogens is 330 g/mol. The molecule has 4 nitrogen and oxygen atoms in total. The molecule has 0 amide bonds. The van der Waals surface area contributed by atoms with Crippen LogP contribution in [0.2, 0.25) is 0 Å². The third-order valence-electron chi connectivity index (χ3n) is 3.24. The number of aryl methyl sites for hydroxylation is 2. The van der Waals surface area contributed by atoms with Crippen molar-refractivity contribution >= 4 is 15.9 Å². The summed E-state index contributed by atoms with van der Waals surface area (Å²) >= 11 is 3.55. The van der Waals surface area contributed by atoms with Crippen molar-refractivity contribution in [3.63, 3.8) is 0 Å². The molecule has 0 unspecified atom stereocenters. The Hall–Kier alpha value is -1.46. The zero-order chi connectivity index (χ0) is 15.4. The van der Waals surface area contributed by atoms with Crippen LogP contribution in [0.4, 0.5) is 0 Å². The quantitative estimate of drug-likeness (QED) is 0.814. The second-order valence-electron chi connectivity index (χ2n) is 5.19. The van der Waals surface area contributed by atoms with E-state index in [0.717, 1.165) is 39.8 Å². The number of halogens is 1. The molecule has 2 rings (SSSR count). The summed E-state index contributed by atoms with van der Waals surface area (Å²) in [5.41, 5.74) is 3.83. The maximum Gasteiger partial charge on any atom is 0.251 e. The molecule has 0 radical (unpaired) electrons. The highest BCUT2D eigenvalue weighted by atomic mass is 79.9. The smallest absolute Gasteiger partial charge is 0.251 e. The molecule has 1 aromatic carbocycles. The lowest BCUT2D eigenvalue weighted by molar-refractivity contribution is 0.662. The van der Waals surface area contributed by atoms with Gasteiger partial charge in [-0.3, -0.25) is 4.79 Å². The average Bonchev–Trinajstić information content (AvgIpc) is 2.44. The number of hydrogen-bond acceptors (Lipinski definition) is 3. The summed E-state index contributed by atoms with van der Waals surface area (Å²) in [6.07, 6.45) is 1.06. The molecule has 0 saturated heterocycles. The molecule has 0 fully saturated rings. The zero-order valence-electron chi connectivity index (χ0n) is 12.6. The minimum atomic E-state index is -0.119. The molecule has 0 aliphatic heterocycles. The topological polar surface area (TPSA) is 57.8 Å². The Morgan fingerprint density at radius 2 is 1.90 bits per heavy atom. The first kappa shape index (κ1) is 15.9. The van der Waals surface area contributed by atoms with E-state index in [4.69, 9.17) is 0 Å². The highest BCUT2D eigenvalue weighted by molar-refractivity contribution is 9.10. The predicted molar refractivity (Wildman–Crippen MR) is 89.5 cm³/mol. The van der Waals surface area contributed by atoms with E-state index >= 15 is 0 Å². The van der Waals surface area contributed by atoms with Crippen molar-refractivity contribution in [3.05, 3.63) is 49.8 Å². The van der Waals surface area contributed by atoms with Gasteiger partial charge in [0.15, 0.2) is 0 Å². The molecule has 0 bridgehead atoms. The number of hydrogen-bond donors (Lipinski definition) is 2. The molecule has 2 N–H and O–H groups in total. The van der Waals surface area contributed by atoms with Gasteiger partial charge in [0, 0.05) is 22.6 Å². The van der Waals surface area contributed by atoms with Crippen molar-refractivity contribution in [1.82, 2.24) is 15.3 Å². The average molecular weight is 350 g/mol. The fraction of sp³-hybridized carbons (Fsp3) is 0.375. The number of nitrogens with zero attached hydrogens (tertiary/aromatic N) is 1. The summed E-state index contributed by atoms with van der Waals surface area (Å²) in [6, 6.07) is 5.60. The Balaban J connectivity index is 2.37. The summed E-state index contributed by atoms with van der Waals surface area (Å²) in [4.78, 5) is 19.2. The molecule has 0 aliphatic rings. The van der Waals surface area contributed by atoms with Gasteiger partial charge in [-0.15, -0.1) is 0 Å². The monoisotopic (exact) mass is 349 g/mol. The summed E-state index contributed by atoms with van der Waals surface area (Å²) in [5.74, 6) is 0.620. The molecule has 1 aromatic heterocycles. The first-order valence-electron chi connectivity index (χ1n) is 7.09.